The van der Waals surface area contributed by atoms with E-state index < -0.39 is 34.4 Å². The molecule has 33 heavy (non-hydrogen) atoms. The summed E-state index contributed by atoms with van der Waals surface area (Å²) in [5, 5.41) is 3.73. The maximum Gasteiger partial charge on any atom is 0.415 e. The summed E-state index contributed by atoms with van der Waals surface area (Å²) in [5.41, 5.74) is 0.485. The Labute approximate surface area is 201 Å². The van der Waals surface area contributed by atoms with Crippen LogP contribution in [0.15, 0.2) is 53.8 Å². The van der Waals surface area contributed by atoms with Crippen LogP contribution in [0.2, 0.25) is 0 Å². The molecule has 1 saturated heterocycles. The van der Waals surface area contributed by atoms with Crippen LogP contribution in [0.1, 0.15) is 0 Å². The van der Waals surface area contributed by atoms with Crippen LogP contribution in [0.4, 0.5) is 25.5 Å². The van der Waals surface area contributed by atoms with E-state index in [2.05, 4.69) is 10.1 Å². The molecular formula is C19H15Cl3FN5O5. The molecule has 1 atom stereocenters. The highest BCUT2D eigenvalue weighted by atomic mass is 35.6. The van der Waals surface area contributed by atoms with Crippen molar-refractivity contribution in [2.24, 2.45) is 0 Å². The Morgan fingerprint density at radius 2 is 2.15 bits per heavy atom. The molecule has 2 aromatic heterocycles. The Morgan fingerprint density at radius 3 is 2.79 bits per heavy atom. The number of nitrogens with zero attached hydrogens (tertiary/aromatic N) is 5. The molecular weight excluding hydrogens is 504 g/mol. The van der Waals surface area contributed by atoms with Gasteiger partial charge in [0.25, 0.3) is 0 Å². The first-order valence-electron chi connectivity index (χ1n) is 9.38. The minimum Gasteiger partial charge on any atom is -0.447 e. The lowest BCUT2D eigenvalue weighted by atomic mass is 10.2. The number of cyclic esters (lactones) is 1. The third kappa shape index (κ3) is 5.32. The molecule has 14 heteroatoms. The first-order valence-corrected chi connectivity index (χ1v) is 10.5. The molecule has 1 aromatic carbocycles. The van der Waals surface area contributed by atoms with Gasteiger partial charge in [0.1, 0.15) is 25.3 Å². The van der Waals surface area contributed by atoms with E-state index in [1.54, 1.807) is 12.3 Å². The predicted molar refractivity (Wildman–Crippen MR) is 117 cm³/mol. The number of carbonyl (C=O) groups excluding carboxylic acids is 2. The third-order valence-corrected chi connectivity index (χ3v) is 4.95. The van der Waals surface area contributed by atoms with Gasteiger partial charge in [-0.1, -0.05) is 40.0 Å². The lowest BCUT2D eigenvalue weighted by Crippen LogP contribution is -2.46. The maximum atomic E-state index is 14.8. The topological polar surface area (TPSA) is 103 Å². The van der Waals surface area contributed by atoms with Gasteiger partial charge in [-0.25, -0.2) is 19.0 Å². The number of rotatable bonds is 6. The first kappa shape index (κ1) is 23.1. The summed E-state index contributed by atoms with van der Waals surface area (Å²) in [6.07, 6.45) is 4.21. The number of anilines is 2. The molecule has 0 saturated carbocycles. The van der Waals surface area contributed by atoms with Gasteiger partial charge < -0.3 is 18.6 Å². The van der Waals surface area contributed by atoms with Crippen molar-refractivity contribution >= 4 is 58.5 Å². The van der Waals surface area contributed by atoms with Crippen LogP contribution in [0.3, 0.4) is 0 Å². The molecule has 0 aliphatic carbocycles. The summed E-state index contributed by atoms with van der Waals surface area (Å²) in [7, 11) is 0. The molecule has 4 rings (SSSR count). The quantitative estimate of drug-likeness (QED) is 0.447. The standard InChI is InChI=1S/C19H15Cl3FN5O5/c20-19(21,22)10-32-17(29)27(16-3-6-33-25-16)8-13-9-31-18(30)28(13)12-1-2-15(14(23)7-12)26-5-4-24-11-26/h1-7,11,13H,8-10H2/t13-/m1/s1. The molecule has 3 aromatic rings. The van der Waals surface area contributed by atoms with Gasteiger partial charge in [-0.15, -0.1) is 0 Å². The van der Waals surface area contributed by atoms with Gasteiger partial charge >= 0.3 is 12.2 Å². The van der Waals surface area contributed by atoms with Crippen molar-refractivity contribution in [1.82, 2.24) is 14.7 Å². The van der Waals surface area contributed by atoms with E-state index in [9.17, 15) is 14.0 Å². The van der Waals surface area contributed by atoms with E-state index in [1.165, 1.54) is 46.5 Å². The van der Waals surface area contributed by atoms with Crippen LogP contribution in [0.25, 0.3) is 5.69 Å². The number of halogens is 4. The van der Waals surface area contributed by atoms with Gasteiger partial charge in [-0.2, -0.15) is 0 Å². The second kappa shape index (κ2) is 9.46. The van der Waals surface area contributed by atoms with Gasteiger partial charge in [0.15, 0.2) is 5.82 Å². The first-order chi connectivity index (χ1) is 15.7. The fourth-order valence-corrected chi connectivity index (χ4v) is 3.37. The molecule has 3 heterocycles. The molecule has 1 fully saturated rings. The largest absolute Gasteiger partial charge is 0.447 e. The summed E-state index contributed by atoms with van der Waals surface area (Å²) in [4.78, 5) is 31.3. The number of alkyl halides is 3. The average Bonchev–Trinajstić information content (AvgIpc) is 3.52. The van der Waals surface area contributed by atoms with Crippen LogP contribution < -0.4 is 9.80 Å². The van der Waals surface area contributed by atoms with Crippen molar-refractivity contribution in [2.45, 2.75) is 9.83 Å². The zero-order valence-corrected chi connectivity index (χ0v) is 18.9. The predicted octanol–water partition coefficient (Wildman–Crippen LogP) is 4.34. The monoisotopic (exact) mass is 517 g/mol. The second-order valence-corrected chi connectivity index (χ2v) is 9.36. The summed E-state index contributed by atoms with van der Waals surface area (Å²) in [5.74, 6) is -0.482. The normalized spacial score (nSPS) is 16.1. The van der Waals surface area contributed by atoms with Crippen LogP contribution in [-0.2, 0) is 9.47 Å². The maximum absolute atomic E-state index is 14.8. The number of ether oxygens (including phenoxy) is 2. The Hall–Kier alpha value is -3.02. The van der Waals surface area contributed by atoms with Crippen molar-refractivity contribution in [3.8, 4) is 5.69 Å². The fourth-order valence-electron chi connectivity index (χ4n) is 3.21. The van der Waals surface area contributed by atoms with Crippen molar-refractivity contribution in [3.63, 3.8) is 0 Å². The zero-order chi connectivity index (χ0) is 23.6. The Morgan fingerprint density at radius 1 is 1.33 bits per heavy atom. The van der Waals surface area contributed by atoms with Gasteiger partial charge in [0.05, 0.1) is 30.3 Å². The lowest BCUT2D eigenvalue weighted by Gasteiger charge is -2.27. The van der Waals surface area contributed by atoms with Crippen molar-refractivity contribution < 1.29 is 28.0 Å². The number of amides is 2. The van der Waals surface area contributed by atoms with Crippen LogP contribution in [0.5, 0.6) is 0 Å². The van der Waals surface area contributed by atoms with E-state index in [0.717, 1.165) is 4.90 Å². The van der Waals surface area contributed by atoms with E-state index >= 15 is 0 Å². The third-order valence-electron chi connectivity index (χ3n) is 4.63. The SMILES string of the molecule is O=C(OCC(Cl)(Cl)Cl)N(C[C@@H]1COC(=O)N1c1ccc(-n2ccnc2)c(F)c1)c1ccon1. The number of benzene rings is 1. The Balaban J connectivity index is 1.57. The molecule has 0 bridgehead atoms. The minimum atomic E-state index is -1.82. The van der Waals surface area contributed by atoms with Crippen molar-refractivity contribution in [3.05, 3.63) is 55.1 Å². The highest BCUT2D eigenvalue weighted by molar-refractivity contribution is 6.67. The highest BCUT2D eigenvalue weighted by Crippen LogP contribution is 2.29. The Kier molecular flexibility index (Phi) is 6.63. The summed E-state index contributed by atoms with van der Waals surface area (Å²) < 4.78 is 29.4. The average molecular weight is 519 g/mol. The number of aromatic nitrogens is 3. The van der Waals surface area contributed by atoms with Gasteiger partial charge in [-0.3, -0.25) is 9.80 Å². The van der Waals surface area contributed by atoms with E-state index in [-0.39, 0.29) is 30.3 Å². The van der Waals surface area contributed by atoms with Crippen molar-refractivity contribution in [2.75, 3.05) is 29.6 Å². The van der Waals surface area contributed by atoms with Gasteiger partial charge in [0.2, 0.25) is 3.79 Å². The molecule has 0 radical (unpaired) electrons. The molecule has 10 nitrogen and oxygen atoms in total. The highest BCUT2D eigenvalue weighted by Gasteiger charge is 2.38. The summed E-state index contributed by atoms with van der Waals surface area (Å²) in [6, 6.07) is 4.96. The van der Waals surface area contributed by atoms with Gasteiger partial charge in [0, 0.05) is 18.5 Å². The number of hydrogen-bond donors (Lipinski definition) is 0. The molecule has 0 unspecified atom stereocenters. The fraction of sp³-hybridized carbons (Fsp3) is 0.263. The van der Waals surface area contributed by atoms with Crippen LogP contribution in [-0.4, -0.2) is 56.5 Å². The molecule has 0 spiro atoms. The number of carbonyl (C=O) groups is 2. The smallest absolute Gasteiger partial charge is 0.415 e. The molecule has 174 valence electrons. The zero-order valence-electron chi connectivity index (χ0n) is 16.6. The summed E-state index contributed by atoms with van der Waals surface area (Å²) >= 11 is 17.0. The minimum absolute atomic E-state index is 0.0736. The number of imidazole rings is 1. The van der Waals surface area contributed by atoms with Crippen molar-refractivity contribution in [1.29, 1.82) is 0 Å². The summed E-state index contributed by atoms with van der Waals surface area (Å²) in [6.45, 7) is -0.715. The Bertz CT molecular complexity index is 1120. The molecule has 2 amide bonds. The second-order valence-electron chi connectivity index (χ2n) is 6.84. The van der Waals surface area contributed by atoms with E-state index in [4.69, 9.17) is 48.8 Å². The van der Waals surface area contributed by atoms with Crippen LogP contribution in [0, 0.1) is 5.82 Å². The molecule has 1 aliphatic rings. The molecule has 0 N–H and O–H groups in total. The van der Waals surface area contributed by atoms with E-state index in [0.29, 0.717) is 0 Å². The number of hydrogen-bond acceptors (Lipinski definition) is 7. The van der Waals surface area contributed by atoms with Gasteiger partial charge in [-0.05, 0) is 18.2 Å². The van der Waals surface area contributed by atoms with Crippen LogP contribution >= 0.6 is 34.8 Å². The lowest BCUT2D eigenvalue weighted by molar-refractivity contribution is 0.154. The molecule has 1 aliphatic heterocycles. The van der Waals surface area contributed by atoms with E-state index in [1.807, 2.05) is 0 Å².